The number of nitrogens with zero attached hydrogens (tertiary/aromatic N) is 3. The maximum Gasteiger partial charge on any atom is 0.192 e. The number of nitriles is 1. The first-order chi connectivity index (χ1) is 15.4. The summed E-state index contributed by atoms with van der Waals surface area (Å²) < 4.78 is 29.4. The Bertz CT molecular complexity index is 1100. The van der Waals surface area contributed by atoms with E-state index in [1.54, 1.807) is 0 Å². The Kier molecular flexibility index (Phi) is 6.66. The van der Waals surface area contributed by atoms with E-state index in [9.17, 15) is 13.2 Å². The Morgan fingerprint density at radius 1 is 1.19 bits per heavy atom. The van der Waals surface area contributed by atoms with E-state index in [0.29, 0.717) is 31.2 Å². The molecular formula is C24H29N3O4S. The number of aromatic nitrogens is 1. The van der Waals surface area contributed by atoms with Crippen molar-refractivity contribution in [3.8, 4) is 17.4 Å². The number of Topliss-reactive ketones (excluding diaryl/α,β-unsaturated/α-hetero) is 1. The summed E-state index contributed by atoms with van der Waals surface area (Å²) in [6, 6.07) is 10.0. The fourth-order valence-electron chi connectivity index (χ4n) is 4.90. The van der Waals surface area contributed by atoms with Gasteiger partial charge in [-0.05, 0) is 37.1 Å². The molecule has 2 aliphatic rings. The van der Waals surface area contributed by atoms with Crippen molar-refractivity contribution in [2.24, 2.45) is 5.92 Å². The SMILES string of the molecule is Cc1nc([C@@H]2CCCC[C@H]2C(=O)CCC#N)c(-c2ccc(N3CCS(=O)(=O)CC3)cc2)o1. The molecule has 1 aliphatic heterocycles. The van der Waals surface area contributed by atoms with Crippen molar-refractivity contribution >= 4 is 21.3 Å². The van der Waals surface area contributed by atoms with Gasteiger partial charge < -0.3 is 9.32 Å². The van der Waals surface area contributed by atoms with Crippen molar-refractivity contribution in [2.75, 3.05) is 29.5 Å². The molecule has 0 bridgehead atoms. The molecule has 1 saturated heterocycles. The average molecular weight is 456 g/mol. The van der Waals surface area contributed by atoms with Crippen LogP contribution in [0, 0.1) is 24.2 Å². The zero-order valence-electron chi connectivity index (χ0n) is 18.4. The van der Waals surface area contributed by atoms with Crippen molar-refractivity contribution in [3.63, 3.8) is 0 Å². The molecule has 7 nitrogen and oxygen atoms in total. The van der Waals surface area contributed by atoms with Crippen LogP contribution in [0.4, 0.5) is 5.69 Å². The van der Waals surface area contributed by atoms with Crippen molar-refractivity contribution < 1.29 is 17.6 Å². The first-order valence-corrected chi connectivity index (χ1v) is 13.1. The molecule has 1 saturated carbocycles. The van der Waals surface area contributed by atoms with Gasteiger partial charge in [0.1, 0.15) is 5.78 Å². The minimum Gasteiger partial charge on any atom is -0.441 e. The van der Waals surface area contributed by atoms with Gasteiger partial charge >= 0.3 is 0 Å². The highest BCUT2D eigenvalue weighted by molar-refractivity contribution is 7.91. The Morgan fingerprint density at radius 3 is 2.56 bits per heavy atom. The standard InChI is InChI=1S/C24H29N3O4S/c1-17-26-23(21-6-3-2-5-20(21)22(28)7-4-12-25)24(31-17)18-8-10-19(11-9-18)27-13-15-32(29,30)16-14-27/h8-11,20-21H,2-7,13-16H2,1H3/t20-,21-/m1/s1. The molecule has 8 heteroatoms. The molecule has 4 rings (SSSR count). The van der Waals surface area contributed by atoms with Crippen LogP contribution >= 0.6 is 0 Å². The zero-order chi connectivity index (χ0) is 22.7. The lowest BCUT2D eigenvalue weighted by atomic mass is 9.74. The van der Waals surface area contributed by atoms with Crippen LogP contribution < -0.4 is 4.90 Å². The Labute approximate surface area is 189 Å². The number of rotatable bonds is 6. The van der Waals surface area contributed by atoms with Gasteiger partial charge in [-0.2, -0.15) is 5.26 Å². The molecule has 0 unspecified atom stereocenters. The lowest BCUT2D eigenvalue weighted by molar-refractivity contribution is -0.124. The van der Waals surface area contributed by atoms with E-state index < -0.39 is 9.84 Å². The third-order valence-corrected chi connectivity index (χ3v) is 8.22. The molecule has 0 spiro atoms. The molecule has 2 heterocycles. The summed E-state index contributed by atoms with van der Waals surface area (Å²) in [4.78, 5) is 19.6. The number of aryl methyl sites for hydroxylation is 1. The van der Waals surface area contributed by atoms with Gasteiger partial charge in [-0.1, -0.05) is 12.8 Å². The van der Waals surface area contributed by atoms with E-state index in [-0.39, 0.29) is 35.5 Å². The smallest absolute Gasteiger partial charge is 0.192 e. The van der Waals surface area contributed by atoms with Gasteiger partial charge in [0.25, 0.3) is 0 Å². The van der Waals surface area contributed by atoms with Crippen LogP contribution in [0.15, 0.2) is 28.7 Å². The highest BCUT2D eigenvalue weighted by atomic mass is 32.2. The summed E-state index contributed by atoms with van der Waals surface area (Å²) in [5, 5.41) is 8.87. The summed E-state index contributed by atoms with van der Waals surface area (Å²) in [6.07, 6.45) is 4.34. The second-order valence-corrected chi connectivity index (χ2v) is 11.1. The van der Waals surface area contributed by atoms with Gasteiger partial charge in [-0.15, -0.1) is 0 Å². The molecule has 1 aliphatic carbocycles. The monoisotopic (exact) mass is 455 g/mol. The van der Waals surface area contributed by atoms with Crippen LogP contribution in [-0.4, -0.2) is 43.8 Å². The number of oxazole rings is 1. The fourth-order valence-corrected chi connectivity index (χ4v) is 6.10. The minimum atomic E-state index is -2.92. The summed E-state index contributed by atoms with van der Waals surface area (Å²) in [5.41, 5.74) is 2.74. The summed E-state index contributed by atoms with van der Waals surface area (Å²) in [7, 11) is -2.92. The molecule has 2 aromatic rings. The largest absolute Gasteiger partial charge is 0.441 e. The normalized spacial score (nSPS) is 22.9. The van der Waals surface area contributed by atoms with Gasteiger partial charge in [0, 0.05) is 55.9 Å². The molecule has 1 aromatic heterocycles. The maximum absolute atomic E-state index is 12.8. The second kappa shape index (κ2) is 9.45. The van der Waals surface area contributed by atoms with Gasteiger partial charge in [0.2, 0.25) is 0 Å². The highest BCUT2D eigenvalue weighted by Gasteiger charge is 2.35. The molecule has 2 atom stereocenters. The highest BCUT2D eigenvalue weighted by Crippen LogP contribution is 2.43. The van der Waals surface area contributed by atoms with Crippen LogP contribution in [0.5, 0.6) is 0 Å². The van der Waals surface area contributed by atoms with Crippen LogP contribution in [0.2, 0.25) is 0 Å². The predicted octanol–water partition coefficient (Wildman–Crippen LogP) is 4.03. The number of anilines is 1. The number of carbonyl (C=O) groups is 1. The van der Waals surface area contributed by atoms with Crippen LogP contribution in [0.25, 0.3) is 11.3 Å². The van der Waals surface area contributed by atoms with E-state index in [4.69, 9.17) is 14.7 Å². The van der Waals surface area contributed by atoms with E-state index in [2.05, 4.69) is 11.0 Å². The van der Waals surface area contributed by atoms with E-state index in [0.717, 1.165) is 42.6 Å². The summed E-state index contributed by atoms with van der Waals surface area (Å²) in [5.74, 6) is 1.70. The second-order valence-electron chi connectivity index (χ2n) is 8.75. The summed E-state index contributed by atoms with van der Waals surface area (Å²) >= 11 is 0. The predicted molar refractivity (Wildman–Crippen MR) is 122 cm³/mol. The Morgan fingerprint density at radius 2 is 1.88 bits per heavy atom. The Balaban J connectivity index is 1.58. The quantitative estimate of drug-likeness (QED) is 0.647. The number of sulfone groups is 1. The lowest BCUT2D eigenvalue weighted by Crippen LogP contribution is -2.40. The van der Waals surface area contributed by atoms with E-state index >= 15 is 0 Å². The number of benzene rings is 1. The van der Waals surface area contributed by atoms with Crippen molar-refractivity contribution in [3.05, 3.63) is 35.9 Å². The number of ketones is 1. The van der Waals surface area contributed by atoms with E-state index in [1.807, 2.05) is 31.2 Å². The Hall–Kier alpha value is -2.66. The maximum atomic E-state index is 12.8. The first-order valence-electron chi connectivity index (χ1n) is 11.3. The topological polar surface area (TPSA) is 104 Å². The van der Waals surface area contributed by atoms with Crippen molar-refractivity contribution in [1.82, 2.24) is 4.98 Å². The lowest BCUT2D eigenvalue weighted by Gasteiger charge is -2.30. The van der Waals surface area contributed by atoms with Gasteiger partial charge in [-0.25, -0.2) is 13.4 Å². The molecule has 0 N–H and O–H groups in total. The molecule has 0 amide bonds. The van der Waals surface area contributed by atoms with Crippen molar-refractivity contribution in [2.45, 2.75) is 51.4 Å². The molecule has 170 valence electrons. The van der Waals surface area contributed by atoms with Gasteiger partial charge in [-0.3, -0.25) is 4.79 Å². The molecule has 0 radical (unpaired) electrons. The van der Waals surface area contributed by atoms with E-state index in [1.165, 1.54) is 0 Å². The summed E-state index contributed by atoms with van der Waals surface area (Å²) in [6.45, 7) is 2.83. The third-order valence-electron chi connectivity index (χ3n) is 6.61. The first kappa shape index (κ1) is 22.5. The minimum absolute atomic E-state index is 0.00868. The van der Waals surface area contributed by atoms with Crippen LogP contribution in [0.1, 0.15) is 56.0 Å². The van der Waals surface area contributed by atoms with Crippen LogP contribution in [0.3, 0.4) is 0 Å². The number of carbonyl (C=O) groups excluding carboxylic acids is 1. The van der Waals surface area contributed by atoms with Crippen LogP contribution in [-0.2, 0) is 14.6 Å². The third kappa shape index (κ3) is 4.88. The molecule has 1 aromatic carbocycles. The fraction of sp³-hybridized carbons (Fsp3) is 0.542. The molecule has 2 fully saturated rings. The number of hydrogen-bond acceptors (Lipinski definition) is 7. The van der Waals surface area contributed by atoms with Gasteiger partial charge in [0.15, 0.2) is 21.5 Å². The molecule has 32 heavy (non-hydrogen) atoms. The molecular weight excluding hydrogens is 426 g/mol. The van der Waals surface area contributed by atoms with Crippen molar-refractivity contribution in [1.29, 1.82) is 5.26 Å². The average Bonchev–Trinajstić information content (AvgIpc) is 3.19. The zero-order valence-corrected chi connectivity index (χ0v) is 19.2. The van der Waals surface area contributed by atoms with Gasteiger partial charge in [0.05, 0.1) is 23.3 Å². The number of hydrogen-bond donors (Lipinski definition) is 0.